The Morgan fingerprint density at radius 3 is 2.07 bits per heavy atom. The van der Waals surface area contributed by atoms with Crippen molar-refractivity contribution < 1.29 is 9.59 Å². The molecule has 2 aromatic carbocycles. The van der Waals surface area contributed by atoms with Crippen molar-refractivity contribution in [3.05, 3.63) is 65.2 Å². The Bertz CT molecular complexity index is 820. The van der Waals surface area contributed by atoms with Gasteiger partial charge in [0.15, 0.2) is 0 Å². The second-order valence-electron chi connectivity index (χ2n) is 7.17. The van der Waals surface area contributed by atoms with Gasteiger partial charge in [-0.15, -0.1) is 0 Å². The van der Waals surface area contributed by atoms with E-state index >= 15 is 0 Å². The first kappa shape index (κ1) is 19.9. The van der Waals surface area contributed by atoms with Gasteiger partial charge in [0.05, 0.1) is 0 Å². The summed E-state index contributed by atoms with van der Waals surface area (Å²) in [5, 5.41) is 0. The predicted octanol–water partition coefficient (Wildman–Crippen LogP) is 3.44. The van der Waals surface area contributed by atoms with Crippen LogP contribution in [0.2, 0.25) is 0 Å². The number of aryl methyl sites for hydroxylation is 1. The largest absolute Gasteiger partial charge is 0.368 e. The molecule has 0 aromatic heterocycles. The van der Waals surface area contributed by atoms with E-state index in [9.17, 15) is 9.59 Å². The predicted molar refractivity (Wildman–Crippen MR) is 113 cm³/mol. The summed E-state index contributed by atoms with van der Waals surface area (Å²) in [7, 11) is 0. The SMILES string of the molecule is CCN(CC)C(=O)c1ccc(C(=O)N2CCN(c3cccc(C)c3)CC2)cc1. The van der Waals surface area contributed by atoms with Crippen LogP contribution in [0.3, 0.4) is 0 Å². The number of hydrogen-bond donors (Lipinski definition) is 0. The van der Waals surface area contributed by atoms with Crippen molar-refractivity contribution in [1.29, 1.82) is 0 Å². The summed E-state index contributed by atoms with van der Waals surface area (Å²) in [5.41, 5.74) is 3.73. The number of benzene rings is 2. The Morgan fingerprint density at radius 1 is 0.893 bits per heavy atom. The summed E-state index contributed by atoms with van der Waals surface area (Å²) in [6.07, 6.45) is 0. The minimum atomic E-state index is 0.00997. The smallest absolute Gasteiger partial charge is 0.253 e. The number of carbonyl (C=O) groups excluding carboxylic acids is 2. The molecule has 0 radical (unpaired) electrons. The Labute approximate surface area is 167 Å². The third kappa shape index (κ3) is 4.35. The zero-order valence-corrected chi connectivity index (χ0v) is 17.0. The molecule has 148 valence electrons. The number of carbonyl (C=O) groups is 2. The average Bonchev–Trinajstić information content (AvgIpc) is 2.74. The fraction of sp³-hybridized carbons (Fsp3) is 0.391. The topological polar surface area (TPSA) is 43.9 Å². The van der Waals surface area contributed by atoms with Gasteiger partial charge in [0.2, 0.25) is 0 Å². The molecule has 28 heavy (non-hydrogen) atoms. The molecule has 2 amide bonds. The maximum absolute atomic E-state index is 12.8. The van der Waals surface area contributed by atoms with Crippen LogP contribution in [0.1, 0.15) is 40.1 Å². The lowest BCUT2D eigenvalue weighted by molar-refractivity contribution is 0.0742. The third-order valence-electron chi connectivity index (χ3n) is 5.36. The zero-order valence-electron chi connectivity index (χ0n) is 17.0. The summed E-state index contributed by atoms with van der Waals surface area (Å²) in [5.74, 6) is 0.0431. The average molecular weight is 380 g/mol. The van der Waals surface area contributed by atoms with Crippen molar-refractivity contribution in [1.82, 2.24) is 9.80 Å². The molecule has 1 saturated heterocycles. The van der Waals surface area contributed by atoms with Gasteiger partial charge in [-0.05, 0) is 62.7 Å². The van der Waals surface area contributed by atoms with Gasteiger partial charge in [-0.25, -0.2) is 0 Å². The van der Waals surface area contributed by atoms with Gasteiger partial charge >= 0.3 is 0 Å². The summed E-state index contributed by atoms with van der Waals surface area (Å²) >= 11 is 0. The normalized spacial score (nSPS) is 14.1. The molecule has 0 atom stereocenters. The highest BCUT2D eigenvalue weighted by Gasteiger charge is 2.23. The minimum Gasteiger partial charge on any atom is -0.368 e. The first-order valence-electron chi connectivity index (χ1n) is 10.0. The molecule has 0 saturated carbocycles. The Morgan fingerprint density at radius 2 is 1.50 bits per heavy atom. The first-order valence-corrected chi connectivity index (χ1v) is 10.0. The molecule has 0 N–H and O–H groups in total. The van der Waals surface area contributed by atoms with Gasteiger partial charge < -0.3 is 14.7 Å². The van der Waals surface area contributed by atoms with E-state index in [1.807, 2.05) is 18.7 Å². The lowest BCUT2D eigenvalue weighted by atomic mass is 10.1. The van der Waals surface area contributed by atoms with Crippen LogP contribution < -0.4 is 4.90 Å². The minimum absolute atomic E-state index is 0.00997. The van der Waals surface area contributed by atoms with Gasteiger partial charge in [-0.3, -0.25) is 9.59 Å². The maximum Gasteiger partial charge on any atom is 0.253 e. The Hall–Kier alpha value is -2.82. The lowest BCUT2D eigenvalue weighted by Gasteiger charge is -2.36. The van der Waals surface area contributed by atoms with E-state index < -0.39 is 0 Å². The number of piperazine rings is 1. The highest BCUT2D eigenvalue weighted by molar-refractivity contribution is 5.98. The molecule has 1 heterocycles. The highest BCUT2D eigenvalue weighted by Crippen LogP contribution is 2.19. The van der Waals surface area contributed by atoms with Gasteiger partial charge in [-0.2, -0.15) is 0 Å². The molecule has 0 bridgehead atoms. The second kappa shape index (κ2) is 8.91. The highest BCUT2D eigenvalue weighted by atomic mass is 16.2. The molecule has 0 aliphatic carbocycles. The summed E-state index contributed by atoms with van der Waals surface area (Å²) < 4.78 is 0. The van der Waals surface area contributed by atoms with E-state index in [0.717, 1.165) is 13.1 Å². The van der Waals surface area contributed by atoms with Crippen LogP contribution in [0.4, 0.5) is 5.69 Å². The van der Waals surface area contributed by atoms with Crippen molar-refractivity contribution in [2.75, 3.05) is 44.2 Å². The van der Waals surface area contributed by atoms with Crippen LogP contribution >= 0.6 is 0 Å². The van der Waals surface area contributed by atoms with Crippen molar-refractivity contribution in [3.8, 4) is 0 Å². The Balaban J connectivity index is 1.61. The molecule has 1 fully saturated rings. The lowest BCUT2D eigenvalue weighted by Crippen LogP contribution is -2.48. The van der Waals surface area contributed by atoms with Crippen LogP contribution in [-0.2, 0) is 0 Å². The van der Waals surface area contributed by atoms with Crippen LogP contribution in [0.25, 0.3) is 0 Å². The molecule has 5 nitrogen and oxygen atoms in total. The molecule has 2 aromatic rings. The number of rotatable bonds is 5. The van der Waals surface area contributed by atoms with Gasteiger partial charge in [0.25, 0.3) is 11.8 Å². The van der Waals surface area contributed by atoms with Gasteiger partial charge in [0.1, 0.15) is 0 Å². The number of hydrogen-bond acceptors (Lipinski definition) is 3. The number of anilines is 1. The van der Waals surface area contributed by atoms with E-state index in [2.05, 4.69) is 36.1 Å². The summed E-state index contributed by atoms with van der Waals surface area (Å²) in [6.45, 7) is 10.5. The number of amides is 2. The van der Waals surface area contributed by atoms with Crippen molar-refractivity contribution >= 4 is 17.5 Å². The third-order valence-corrected chi connectivity index (χ3v) is 5.36. The molecule has 5 heteroatoms. The number of nitrogens with zero attached hydrogens (tertiary/aromatic N) is 3. The van der Waals surface area contributed by atoms with Crippen molar-refractivity contribution in [2.24, 2.45) is 0 Å². The fourth-order valence-corrected chi connectivity index (χ4v) is 3.62. The van der Waals surface area contributed by atoms with Crippen molar-refractivity contribution in [3.63, 3.8) is 0 Å². The molecular weight excluding hydrogens is 350 g/mol. The fourth-order valence-electron chi connectivity index (χ4n) is 3.62. The standard InChI is InChI=1S/C23H29N3O2/c1-4-24(5-2)22(27)19-9-11-20(12-10-19)23(28)26-15-13-25(14-16-26)21-8-6-7-18(3)17-21/h6-12,17H,4-5,13-16H2,1-3H3. The molecule has 0 spiro atoms. The first-order chi connectivity index (χ1) is 13.5. The zero-order chi connectivity index (χ0) is 20.1. The molecule has 1 aliphatic rings. The maximum atomic E-state index is 12.8. The molecule has 1 aliphatic heterocycles. The van der Waals surface area contributed by atoms with Gasteiger partial charge in [-0.1, -0.05) is 12.1 Å². The van der Waals surface area contributed by atoms with Crippen LogP contribution in [0, 0.1) is 6.92 Å². The van der Waals surface area contributed by atoms with Crippen molar-refractivity contribution in [2.45, 2.75) is 20.8 Å². The summed E-state index contributed by atoms with van der Waals surface area (Å²) in [6, 6.07) is 15.5. The van der Waals surface area contributed by atoms with E-state index in [0.29, 0.717) is 37.3 Å². The summed E-state index contributed by atoms with van der Waals surface area (Å²) in [4.78, 5) is 31.2. The van der Waals surface area contributed by atoms with Crippen LogP contribution in [-0.4, -0.2) is 60.9 Å². The van der Waals surface area contributed by atoms with E-state index in [1.54, 1.807) is 29.2 Å². The second-order valence-corrected chi connectivity index (χ2v) is 7.17. The molecule has 0 unspecified atom stereocenters. The van der Waals surface area contributed by atoms with Crippen LogP contribution in [0.5, 0.6) is 0 Å². The van der Waals surface area contributed by atoms with Gasteiger partial charge in [0, 0.05) is 56.1 Å². The monoisotopic (exact) mass is 379 g/mol. The van der Waals surface area contributed by atoms with E-state index in [1.165, 1.54) is 11.3 Å². The molecule has 3 rings (SSSR count). The molecular formula is C23H29N3O2. The van der Waals surface area contributed by atoms with E-state index in [4.69, 9.17) is 0 Å². The van der Waals surface area contributed by atoms with Crippen LogP contribution in [0.15, 0.2) is 48.5 Å². The quantitative estimate of drug-likeness (QED) is 0.799. The van der Waals surface area contributed by atoms with E-state index in [-0.39, 0.29) is 11.8 Å². The Kier molecular flexibility index (Phi) is 6.34.